The second kappa shape index (κ2) is 5.46. The third kappa shape index (κ3) is 4.61. The van der Waals surface area contributed by atoms with Crippen LogP contribution in [0.25, 0.3) is 0 Å². The molecule has 0 bridgehead atoms. The van der Waals surface area contributed by atoms with Crippen LogP contribution in [-0.4, -0.2) is 38.4 Å². The summed E-state index contributed by atoms with van der Waals surface area (Å²) in [4.78, 5) is 11.5. The summed E-state index contributed by atoms with van der Waals surface area (Å²) in [5, 5.41) is 1.61. The minimum atomic E-state index is -3.33. The van der Waals surface area contributed by atoms with E-state index in [1.807, 2.05) is 13.8 Å². The Labute approximate surface area is 91.3 Å². The predicted molar refractivity (Wildman–Crippen MR) is 60.1 cm³/mol. The first kappa shape index (κ1) is 14.4. The van der Waals surface area contributed by atoms with Gasteiger partial charge in [-0.25, -0.2) is 8.42 Å². The fraction of sp³-hybridized carbons (Fsp3) is 0.889. The first-order chi connectivity index (χ1) is 6.70. The van der Waals surface area contributed by atoms with Crippen molar-refractivity contribution in [3.63, 3.8) is 0 Å². The molecule has 0 aliphatic carbocycles. The van der Waals surface area contributed by atoms with E-state index in [-0.39, 0.29) is 12.0 Å². The molecule has 5 nitrogen and oxygen atoms in total. The Morgan fingerprint density at radius 2 is 1.80 bits per heavy atom. The quantitative estimate of drug-likeness (QED) is 0.674. The van der Waals surface area contributed by atoms with Crippen LogP contribution in [-0.2, 0) is 14.6 Å². The van der Waals surface area contributed by atoms with Crippen LogP contribution in [0.3, 0.4) is 0 Å². The minimum absolute atomic E-state index is 0.179. The summed E-state index contributed by atoms with van der Waals surface area (Å²) in [5.41, 5.74) is 5.47. The lowest BCUT2D eigenvalue weighted by Crippen LogP contribution is -2.48. The highest BCUT2D eigenvalue weighted by molar-refractivity contribution is 7.92. The zero-order valence-electron chi connectivity index (χ0n) is 9.65. The number of carbonyl (C=O) groups is 1. The maximum Gasteiger partial charge on any atom is 0.238 e. The fourth-order valence-electron chi connectivity index (χ4n) is 0.992. The molecule has 0 aliphatic rings. The number of nitrogens with one attached hydrogen (secondary N) is 1. The lowest BCUT2D eigenvalue weighted by molar-refractivity contribution is -0.121. The summed E-state index contributed by atoms with van der Waals surface area (Å²) in [6.07, 6.45) is 1.05. The molecule has 90 valence electrons. The van der Waals surface area contributed by atoms with Crippen molar-refractivity contribution >= 4 is 15.7 Å². The van der Waals surface area contributed by atoms with Gasteiger partial charge in [0.25, 0.3) is 0 Å². The second-order valence-corrected chi connectivity index (χ2v) is 6.43. The maximum atomic E-state index is 11.5. The Balaban J connectivity index is 4.49. The van der Waals surface area contributed by atoms with Crippen LogP contribution in [0.5, 0.6) is 0 Å². The van der Waals surface area contributed by atoms with Crippen LogP contribution in [0.4, 0.5) is 0 Å². The third-order valence-corrected chi connectivity index (χ3v) is 3.90. The lowest BCUT2D eigenvalue weighted by atomic mass is 10.0. The molecule has 0 saturated heterocycles. The molecule has 0 aromatic carbocycles. The number of sulfone groups is 1. The largest absolute Gasteiger partial charge is 0.351 e. The zero-order valence-corrected chi connectivity index (χ0v) is 10.5. The summed E-state index contributed by atoms with van der Waals surface area (Å²) < 4.78 is 22.2. The molecule has 15 heavy (non-hydrogen) atoms. The lowest BCUT2D eigenvalue weighted by Gasteiger charge is -2.22. The molecule has 0 heterocycles. The third-order valence-electron chi connectivity index (χ3n) is 2.40. The zero-order chi connectivity index (χ0) is 12.2. The average molecular weight is 236 g/mol. The van der Waals surface area contributed by atoms with E-state index in [4.69, 9.17) is 5.73 Å². The summed E-state index contributed by atoms with van der Waals surface area (Å²) in [6, 6.07) is -0.179. The normalized spacial score (nSPS) is 16.1. The van der Waals surface area contributed by atoms with Gasteiger partial charge in [0.05, 0.1) is 0 Å². The number of hydrogen-bond donors (Lipinski definition) is 2. The molecule has 0 aromatic heterocycles. The van der Waals surface area contributed by atoms with Crippen molar-refractivity contribution in [3.8, 4) is 0 Å². The summed E-state index contributed by atoms with van der Waals surface area (Å²) in [7, 11) is -3.33. The molecule has 0 fully saturated rings. The van der Waals surface area contributed by atoms with Gasteiger partial charge in [0.1, 0.15) is 5.25 Å². The number of hydrogen-bond acceptors (Lipinski definition) is 4. The van der Waals surface area contributed by atoms with Crippen LogP contribution in [0, 0.1) is 5.92 Å². The number of rotatable bonds is 5. The molecule has 0 aromatic rings. The van der Waals surface area contributed by atoms with Crippen molar-refractivity contribution in [2.75, 3.05) is 12.8 Å². The minimum Gasteiger partial charge on any atom is -0.351 e. The van der Waals surface area contributed by atoms with Gasteiger partial charge >= 0.3 is 0 Å². The molecule has 0 rings (SSSR count). The maximum absolute atomic E-state index is 11.5. The average Bonchev–Trinajstić information content (AvgIpc) is 2.10. The Bertz CT molecular complexity index is 311. The van der Waals surface area contributed by atoms with Crippen molar-refractivity contribution in [2.45, 2.75) is 32.1 Å². The Kier molecular flexibility index (Phi) is 5.23. The molecule has 0 aliphatic heterocycles. The van der Waals surface area contributed by atoms with Gasteiger partial charge in [-0.3, -0.25) is 4.79 Å². The fourth-order valence-corrected chi connectivity index (χ4v) is 1.45. The van der Waals surface area contributed by atoms with Crippen LogP contribution in [0.15, 0.2) is 0 Å². The Morgan fingerprint density at radius 3 is 2.07 bits per heavy atom. The van der Waals surface area contributed by atoms with Gasteiger partial charge in [0.15, 0.2) is 9.84 Å². The van der Waals surface area contributed by atoms with Crippen molar-refractivity contribution in [1.82, 2.24) is 5.32 Å². The van der Waals surface area contributed by atoms with Crippen molar-refractivity contribution < 1.29 is 13.2 Å². The summed E-state index contributed by atoms with van der Waals surface area (Å²) >= 11 is 0. The first-order valence-electron chi connectivity index (χ1n) is 4.89. The van der Waals surface area contributed by atoms with Crippen LogP contribution in [0.2, 0.25) is 0 Å². The number of carbonyl (C=O) groups excluding carboxylic acids is 1. The highest BCUT2D eigenvalue weighted by Crippen LogP contribution is 2.03. The number of amides is 1. The van der Waals surface area contributed by atoms with Gasteiger partial charge in [-0.2, -0.15) is 0 Å². The molecule has 1 amide bonds. The van der Waals surface area contributed by atoms with Gasteiger partial charge in [-0.15, -0.1) is 0 Å². The van der Waals surface area contributed by atoms with Gasteiger partial charge in [0, 0.05) is 18.8 Å². The standard InChI is InChI=1S/C9H20N2O3S/c1-6(2)8(5-10)11-9(12)7(3)15(4,13)14/h6-8H,5,10H2,1-4H3,(H,11,12). The van der Waals surface area contributed by atoms with E-state index in [1.165, 1.54) is 6.92 Å². The highest BCUT2D eigenvalue weighted by Gasteiger charge is 2.25. The Morgan fingerprint density at radius 1 is 1.33 bits per heavy atom. The first-order valence-corrected chi connectivity index (χ1v) is 6.85. The molecule has 0 spiro atoms. The van der Waals surface area contributed by atoms with E-state index in [0.717, 1.165) is 6.26 Å². The van der Waals surface area contributed by atoms with E-state index in [0.29, 0.717) is 6.54 Å². The van der Waals surface area contributed by atoms with E-state index < -0.39 is 21.0 Å². The molecule has 0 radical (unpaired) electrons. The monoisotopic (exact) mass is 236 g/mol. The SMILES string of the molecule is CC(C)C(CN)NC(=O)C(C)S(C)(=O)=O. The topological polar surface area (TPSA) is 89.3 Å². The molecule has 2 unspecified atom stereocenters. The van der Waals surface area contributed by atoms with E-state index >= 15 is 0 Å². The van der Waals surface area contributed by atoms with E-state index in [2.05, 4.69) is 5.32 Å². The summed E-state index contributed by atoms with van der Waals surface area (Å²) in [6.45, 7) is 5.52. The van der Waals surface area contributed by atoms with Crippen molar-refractivity contribution in [1.29, 1.82) is 0 Å². The molecule has 6 heteroatoms. The number of nitrogens with two attached hydrogens (primary N) is 1. The predicted octanol–water partition coefficient (Wildman–Crippen LogP) is -0.481. The molecule has 2 atom stereocenters. The van der Waals surface area contributed by atoms with E-state index in [1.54, 1.807) is 0 Å². The molecule has 3 N–H and O–H groups in total. The van der Waals surface area contributed by atoms with Crippen LogP contribution >= 0.6 is 0 Å². The van der Waals surface area contributed by atoms with Gasteiger partial charge < -0.3 is 11.1 Å². The Hall–Kier alpha value is -0.620. The van der Waals surface area contributed by atoms with Gasteiger partial charge in [0.2, 0.25) is 5.91 Å². The van der Waals surface area contributed by atoms with Crippen LogP contribution < -0.4 is 11.1 Å². The van der Waals surface area contributed by atoms with Gasteiger partial charge in [-0.05, 0) is 12.8 Å². The molecular formula is C9H20N2O3S. The smallest absolute Gasteiger partial charge is 0.238 e. The second-order valence-electron chi connectivity index (χ2n) is 4.07. The van der Waals surface area contributed by atoms with E-state index in [9.17, 15) is 13.2 Å². The van der Waals surface area contributed by atoms with Crippen molar-refractivity contribution in [3.05, 3.63) is 0 Å². The molecule has 0 saturated carbocycles. The van der Waals surface area contributed by atoms with Crippen molar-refractivity contribution in [2.24, 2.45) is 11.7 Å². The van der Waals surface area contributed by atoms with Crippen LogP contribution in [0.1, 0.15) is 20.8 Å². The van der Waals surface area contributed by atoms with Gasteiger partial charge in [-0.1, -0.05) is 13.8 Å². The summed E-state index contributed by atoms with van der Waals surface area (Å²) in [5.74, 6) is -0.299. The molecular weight excluding hydrogens is 216 g/mol. The highest BCUT2D eigenvalue weighted by atomic mass is 32.2.